The number of carbonyl (C=O) groups excluding carboxylic acids is 1. The van der Waals surface area contributed by atoms with Gasteiger partial charge in [0.15, 0.2) is 0 Å². The van der Waals surface area contributed by atoms with E-state index in [0.29, 0.717) is 6.47 Å². The Morgan fingerprint density at radius 1 is 1.67 bits per heavy atom. The monoisotopic (exact) mass is 129 g/mol. The fourth-order valence-corrected chi connectivity index (χ4v) is 1.01. The minimum Gasteiger partial charge on any atom is -0.463 e. The van der Waals surface area contributed by atoms with E-state index in [1.165, 1.54) is 0 Å². The van der Waals surface area contributed by atoms with Crippen molar-refractivity contribution in [2.75, 3.05) is 13.1 Å². The fourth-order valence-electron chi connectivity index (χ4n) is 1.01. The molecule has 1 N–H and O–H groups in total. The maximum Gasteiger partial charge on any atom is 0.293 e. The molecule has 0 unspecified atom stereocenters. The summed E-state index contributed by atoms with van der Waals surface area (Å²) in [7, 11) is 0. The molecule has 1 heterocycles. The Morgan fingerprint density at radius 3 is 3.11 bits per heavy atom. The van der Waals surface area contributed by atoms with Gasteiger partial charge in [-0.15, -0.1) is 0 Å². The zero-order chi connectivity index (χ0) is 6.53. The first-order valence-corrected chi connectivity index (χ1v) is 3.23. The molecule has 0 aromatic heterocycles. The molecule has 1 aliphatic rings. The molecular weight excluding hydrogens is 118 g/mol. The summed E-state index contributed by atoms with van der Waals surface area (Å²) >= 11 is 0. The van der Waals surface area contributed by atoms with Crippen LogP contribution in [-0.2, 0) is 9.53 Å². The van der Waals surface area contributed by atoms with Gasteiger partial charge in [-0.2, -0.15) is 0 Å². The second-order valence-corrected chi connectivity index (χ2v) is 2.20. The zero-order valence-electron chi connectivity index (χ0n) is 5.30. The van der Waals surface area contributed by atoms with Crippen molar-refractivity contribution in [2.45, 2.75) is 18.9 Å². The van der Waals surface area contributed by atoms with E-state index < -0.39 is 0 Å². The van der Waals surface area contributed by atoms with Gasteiger partial charge in [0, 0.05) is 6.54 Å². The summed E-state index contributed by atoms with van der Waals surface area (Å²) in [6.45, 7) is 2.40. The van der Waals surface area contributed by atoms with Gasteiger partial charge in [-0.25, -0.2) is 0 Å². The van der Waals surface area contributed by atoms with Crippen molar-refractivity contribution in [3.05, 3.63) is 0 Å². The highest BCUT2D eigenvalue weighted by atomic mass is 16.5. The van der Waals surface area contributed by atoms with Crippen LogP contribution in [0.5, 0.6) is 0 Å². The van der Waals surface area contributed by atoms with Gasteiger partial charge in [0.2, 0.25) is 0 Å². The number of ether oxygens (including phenoxy) is 1. The summed E-state index contributed by atoms with van der Waals surface area (Å²) < 4.78 is 4.74. The second-order valence-electron chi connectivity index (χ2n) is 2.20. The lowest BCUT2D eigenvalue weighted by Crippen LogP contribution is -2.34. The molecule has 0 aliphatic carbocycles. The first-order valence-electron chi connectivity index (χ1n) is 3.23. The number of piperidine rings is 1. The number of nitrogens with one attached hydrogen (secondary N) is 1. The molecule has 1 aliphatic heterocycles. The molecule has 0 aromatic carbocycles. The maximum absolute atomic E-state index is 9.82. The van der Waals surface area contributed by atoms with E-state index in [0.717, 1.165) is 25.9 Å². The Kier molecular flexibility index (Phi) is 2.51. The van der Waals surface area contributed by atoms with E-state index in [2.05, 4.69) is 5.32 Å². The molecule has 0 radical (unpaired) electrons. The SMILES string of the molecule is O=CO[C@@H]1CCCNC1. The van der Waals surface area contributed by atoms with Gasteiger partial charge in [0.1, 0.15) is 6.10 Å². The summed E-state index contributed by atoms with van der Waals surface area (Å²) in [5.74, 6) is 0. The van der Waals surface area contributed by atoms with Gasteiger partial charge >= 0.3 is 0 Å². The van der Waals surface area contributed by atoms with E-state index >= 15 is 0 Å². The van der Waals surface area contributed by atoms with Crippen LogP contribution >= 0.6 is 0 Å². The normalized spacial score (nSPS) is 27.3. The van der Waals surface area contributed by atoms with Crippen molar-refractivity contribution in [1.29, 1.82) is 0 Å². The van der Waals surface area contributed by atoms with Gasteiger partial charge in [0.05, 0.1) is 0 Å². The van der Waals surface area contributed by atoms with Gasteiger partial charge in [-0.1, -0.05) is 0 Å². The molecule has 1 atom stereocenters. The summed E-state index contributed by atoms with van der Waals surface area (Å²) in [4.78, 5) is 9.82. The largest absolute Gasteiger partial charge is 0.463 e. The van der Waals surface area contributed by atoms with Crippen LogP contribution in [0.25, 0.3) is 0 Å². The van der Waals surface area contributed by atoms with Crippen molar-refractivity contribution in [3.8, 4) is 0 Å². The molecule has 3 heteroatoms. The molecule has 0 amide bonds. The summed E-state index contributed by atoms with van der Waals surface area (Å²) in [5.41, 5.74) is 0. The molecule has 1 fully saturated rings. The Bertz CT molecular complexity index is 89.1. The predicted octanol–water partition coefficient (Wildman–Crippen LogP) is -0.0886. The third-order valence-electron chi connectivity index (χ3n) is 1.50. The molecule has 0 aromatic rings. The zero-order valence-corrected chi connectivity index (χ0v) is 5.30. The highest BCUT2D eigenvalue weighted by Crippen LogP contribution is 2.03. The maximum atomic E-state index is 9.82. The lowest BCUT2D eigenvalue weighted by atomic mass is 10.1. The van der Waals surface area contributed by atoms with Gasteiger partial charge < -0.3 is 10.1 Å². The second kappa shape index (κ2) is 3.45. The Labute approximate surface area is 54.4 Å². The Hall–Kier alpha value is -0.570. The quantitative estimate of drug-likeness (QED) is 0.529. The molecule has 1 rings (SSSR count). The van der Waals surface area contributed by atoms with Gasteiger partial charge in [-0.3, -0.25) is 4.79 Å². The van der Waals surface area contributed by atoms with E-state index in [1.807, 2.05) is 0 Å². The van der Waals surface area contributed by atoms with Crippen molar-refractivity contribution >= 4 is 6.47 Å². The number of carbonyl (C=O) groups is 1. The van der Waals surface area contributed by atoms with Crippen LogP contribution in [0.15, 0.2) is 0 Å². The van der Waals surface area contributed by atoms with E-state index in [-0.39, 0.29) is 6.10 Å². The molecule has 0 bridgehead atoms. The topological polar surface area (TPSA) is 38.3 Å². The Balaban J connectivity index is 2.15. The van der Waals surface area contributed by atoms with Crippen LogP contribution in [0, 0.1) is 0 Å². The first kappa shape index (κ1) is 6.55. The summed E-state index contributed by atoms with van der Waals surface area (Å²) in [6.07, 6.45) is 2.24. The number of rotatable bonds is 2. The van der Waals surface area contributed by atoms with Crippen LogP contribution in [-0.4, -0.2) is 25.7 Å². The Morgan fingerprint density at radius 2 is 2.56 bits per heavy atom. The fraction of sp³-hybridized carbons (Fsp3) is 0.833. The molecule has 3 nitrogen and oxygen atoms in total. The average Bonchev–Trinajstić information content (AvgIpc) is 1.91. The van der Waals surface area contributed by atoms with E-state index in [9.17, 15) is 4.79 Å². The molecule has 9 heavy (non-hydrogen) atoms. The summed E-state index contributed by atoms with van der Waals surface area (Å²) in [5, 5.41) is 3.14. The van der Waals surface area contributed by atoms with E-state index in [4.69, 9.17) is 4.74 Å². The van der Waals surface area contributed by atoms with Gasteiger partial charge in [-0.05, 0) is 19.4 Å². The minimum atomic E-state index is 0.122. The van der Waals surface area contributed by atoms with Crippen LogP contribution in [0.4, 0.5) is 0 Å². The van der Waals surface area contributed by atoms with Crippen molar-refractivity contribution in [2.24, 2.45) is 0 Å². The predicted molar refractivity (Wildman–Crippen MR) is 33.0 cm³/mol. The van der Waals surface area contributed by atoms with Crippen LogP contribution in [0.3, 0.4) is 0 Å². The van der Waals surface area contributed by atoms with Crippen LogP contribution in [0.1, 0.15) is 12.8 Å². The molecular formula is C6H11NO2. The average molecular weight is 129 g/mol. The number of hydrogen-bond acceptors (Lipinski definition) is 3. The summed E-state index contributed by atoms with van der Waals surface area (Å²) in [6, 6.07) is 0. The van der Waals surface area contributed by atoms with E-state index in [1.54, 1.807) is 0 Å². The molecule has 0 saturated carbocycles. The first-order chi connectivity index (χ1) is 4.43. The van der Waals surface area contributed by atoms with Crippen LogP contribution < -0.4 is 5.32 Å². The molecule has 52 valence electrons. The third-order valence-corrected chi connectivity index (χ3v) is 1.50. The highest BCUT2D eigenvalue weighted by Gasteiger charge is 2.11. The lowest BCUT2D eigenvalue weighted by molar-refractivity contribution is -0.134. The van der Waals surface area contributed by atoms with Gasteiger partial charge in [0.25, 0.3) is 6.47 Å². The van der Waals surface area contributed by atoms with Crippen molar-refractivity contribution in [1.82, 2.24) is 5.32 Å². The minimum absolute atomic E-state index is 0.122. The number of hydrogen-bond donors (Lipinski definition) is 1. The molecule has 0 spiro atoms. The van der Waals surface area contributed by atoms with Crippen molar-refractivity contribution < 1.29 is 9.53 Å². The standard InChI is InChI=1S/C6H11NO2/c8-5-9-6-2-1-3-7-4-6/h5-7H,1-4H2/t6-/m1/s1. The molecule has 1 saturated heterocycles. The van der Waals surface area contributed by atoms with Crippen molar-refractivity contribution in [3.63, 3.8) is 0 Å². The lowest BCUT2D eigenvalue weighted by Gasteiger charge is -2.20. The smallest absolute Gasteiger partial charge is 0.293 e. The highest BCUT2D eigenvalue weighted by molar-refractivity contribution is 5.37. The third kappa shape index (κ3) is 2.01. The van der Waals surface area contributed by atoms with Crippen LogP contribution in [0.2, 0.25) is 0 Å².